The van der Waals surface area contributed by atoms with Crippen LogP contribution in [0.1, 0.15) is 25.1 Å². The van der Waals surface area contributed by atoms with Gasteiger partial charge in [-0.15, -0.1) is 11.3 Å². The fourth-order valence-corrected chi connectivity index (χ4v) is 3.96. The normalized spacial score (nSPS) is 15.6. The number of fused-ring (bicyclic) bond motifs is 4. The maximum Gasteiger partial charge on any atom is 0.271 e. The standard InChI is InChI=1S/C15H14N2OS/c18-15-14-13(10-6-3-4-7-11(10)19-14)16-12-8-2-1-5-9-17(12)15/h3-4,6-7H,1-2,5,8-9H2. The first-order valence-electron chi connectivity index (χ1n) is 6.75. The van der Waals surface area contributed by atoms with Crippen LogP contribution in [0.5, 0.6) is 0 Å². The molecule has 0 N–H and O–H groups in total. The van der Waals surface area contributed by atoms with Crippen molar-refractivity contribution in [2.24, 2.45) is 0 Å². The predicted molar refractivity (Wildman–Crippen MR) is 78.9 cm³/mol. The Kier molecular flexibility index (Phi) is 2.45. The van der Waals surface area contributed by atoms with Crippen LogP contribution in [0.25, 0.3) is 20.3 Å². The zero-order valence-electron chi connectivity index (χ0n) is 10.6. The second-order valence-corrected chi connectivity index (χ2v) is 6.12. The highest BCUT2D eigenvalue weighted by Gasteiger charge is 2.16. The van der Waals surface area contributed by atoms with Gasteiger partial charge in [-0.25, -0.2) is 4.98 Å². The Balaban J connectivity index is 2.14. The summed E-state index contributed by atoms with van der Waals surface area (Å²) >= 11 is 1.57. The molecule has 3 heterocycles. The van der Waals surface area contributed by atoms with Crippen molar-refractivity contribution in [3.8, 4) is 0 Å². The van der Waals surface area contributed by atoms with Gasteiger partial charge >= 0.3 is 0 Å². The summed E-state index contributed by atoms with van der Waals surface area (Å²) < 4.78 is 3.86. The predicted octanol–water partition coefficient (Wildman–Crippen LogP) is 3.34. The molecule has 0 unspecified atom stereocenters. The molecule has 96 valence electrons. The van der Waals surface area contributed by atoms with E-state index >= 15 is 0 Å². The van der Waals surface area contributed by atoms with Gasteiger partial charge in [-0.1, -0.05) is 24.6 Å². The van der Waals surface area contributed by atoms with Gasteiger partial charge in [0.15, 0.2) is 0 Å². The van der Waals surface area contributed by atoms with Gasteiger partial charge in [0.2, 0.25) is 0 Å². The molecule has 1 aliphatic heterocycles. The minimum atomic E-state index is 0.156. The summed E-state index contributed by atoms with van der Waals surface area (Å²) in [5.41, 5.74) is 1.06. The van der Waals surface area contributed by atoms with Crippen molar-refractivity contribution in [3.05, 3.63) is 40.4 Å². The van der Waals surface area contributed by atoms with E-state index in [4.69, 9.17) is 4.98 Å². The second kappa shape index (κ2) is 4.17. The minimum Gasteiger partial charge on any atom is -0.295 e. The maximum atomic E-state index is 12.6. The molecule has 4 heteroatoms. The second-order valence-electron chi connectivity index (χ2n) is 5.07. The van der Waals surface area contributed by atoms with E-state index in [-0.39, 0.29) is 5.56 Å². The third kappa shape index (κ3) is 1.63. The van der Waals surface area contributed by atoms with Crippen molar-refractivity contribution in [1.82, 2.24) is 9.55 Å². The van der Waals surface area contributed by atoms with Crippen molar-refractivity contribution < 1.29 is 0 Å². The summed E-state index contributed by atoms with van der Waals surface area (Å²) in [5, 5.41) is 1.12. The Morgan fingerprint density at radius 1 is 1.16 bits per heavy atom. The fourth-order valence-electron chi connectivity index (χ4n) is 2.87. The molecule has 0 aliphatic carbocycles. The molecule has 3 nitrogen and oxygen atoms in total. The number of hydrogen-bond donors (Lipinski definition) is 0. The van der Waals surface area contributed by atoms with Gasteiger partial charge in [0.05, 0.1) is 5.52 Å². The molecule has 0 fully saturated rings. The zero-order chi connectivity index (χ0) is 12.8. The quantitative estimate of drug-likeness (QED) is 0.628. The molecule has 0 atom stereocenters. The van der Waals surface area contributed by atoms with Gasteiger partial charge in [0.25, 0.3) is 5.56 Å². The van der Waals surface area contributed by atoms with Gasteiger partial charge in [-0.05, 0) is 18.9 Å². The lowest BCUT2D eigenvalue weighted by Crippen LogP contribution is -2.23. The molecule has 0 amide bonds. The molecule has 4 rings (SSSR count). The highest BCUT2D eigenvalue weighted by atomic mass is 32.1. The summed E-state index contributed by atoms with van der Waals surface area (Å²) in [7, 11) is 0. The molecule has 0 radical (unpaired) electrons. The van der Waals surface area contributed by atoms with Crippen molar-refractivity contribution in [1.29, 1.82) is 0 Å². The van der Waals surface area contributed by atoms with Gasteiger partial charge in [0, 0.05) is 23.1 Å². The topological polar surface area (TPSA) is 34.9 Å². The largest absolute Gasteiger partial charge is 0.295 e. The molecule has 0 saturated carbocycles. The van der Waals surface area contributed by atoms with Crippen LogP contribution >= 0.6 is 11.3 Å². The van der Waals surface area contributed by atoms with E-state index < -0.39 is 0 Å². The number of benzene rings is 1. The van der Waals surface area contributed by atoms with Crippen LogP contribution in [0.3, 0.4) is 0 Å². The summed E-state index contributed by atoms with van der Waals surface area (Å²) in [6.45, 7) is 0.825. The molecule has 0 saturated heterocycles. The van der Waals surface area contributed by atoms with Crippen molar-refractivity contribution in [2.75, 3.05) is 0 Å². The van der Waals surface area contributed by atoms with Crippen molar-refractivity contribution in [3.63, 3.8) is 0 Å². The summed E-state index contributed by atoms with van der Waals surface area (Å²) in [5.74, 6) is 0.971. The van der Waals surface area contributed by atoms with E-state index in [1.54, 1.807) is 11.3 Å². The van der Waals surface area contributed by atoms with Crippen LogP contribution in [0.2, 0.25) is 0 Å². The molecular weight excluding hydrogens is 256 g/mol. The molecule has 2 aromatic heterocycles. The Bertz CT molecular complexity index is 831. The van der Waals surface area contributed by atoms with Crippen LogP contribution in [0.15, 0.2) is 29.1 Å². The SMILES string of the molecule is O=c1c2sc3ccccc3c2nc2n1CCCCC2. The van der Waals surface area contributed by atoms with Crippen LogP contribution in [0.4, 0.5) is 0 Å². The summed E-state index contributed by atoms with van der Waals surface area (Å²) in [6.07, 6.45) is 4.34. The number of nitrogens with zero attached hydrogens (tertiary/aromatic N) is 2. The molecule has 0 spiro atoms. The van der Waals surface area contributed by atoms with E-state index in [1.807, 2.05) is 16.7 Å². The third-order valence-electron chi connectivity index (χ3n) is 3.84. The number of thiophene rings is 1. The van der Waals surface area contributed by atoms with Crippen molar-refractivity contribution >= 4 is 31.6 Å². The molecule has 1 aromatic carbocycles. The van der Waals surface area contributed by atoms with Crippen LogP contribution < -0.4 is 5.56 Å². The van der Waals surface area contributed by atoms with Gasteiger partial charge < -0.3 is 0 Å². The van der Waals surface area contributed by atoms with Crippen LogP contribution in [-0.4, -0.2) is 9.55 Å². The van der Waals surface area contributed by atoms with E-state index in [2.05, 4.69) is 12.1 Å². The Hall–Kier alpha value is -1.68. The Morgan fingerprint density at radius 3 is 3.00 bits per heavy atom. The smallest absolute Gasteiger partial charge is 0.271 e. The van der Waals surface area contributed by atoms with Crippen LogP contribution in [-0.2, 0) is 13.0 Å². The van der Waals surface area contributed by atoms with E-state index in [0.717, 1.165) is 51.9 Å². The minimum absolute atomic E-state index is 0.156. The Labute approximate surface area is 114 Å². The number of aromatic nitrogens is 2. The molecule has 19 heavy (non-hydrogen) atoms. The monoisotopic (exact) mass is 270 g/mol. The highest BCUT2D eigenvalue weighted by Crippen LogP contribution is 2.30. The first kappa shape index (κ1) is 11.2. The first-order valence-corrected chi connectivity index (χ1v) is 7.57. The zero-order valence-corrected chi connectivity index (χ0v) is 11.4. The lowest BCUT2D eigenvalue weighted by atomic mass is 10.2. The number of aryl methyl sites for hydroxylation is 1. The average Bonchev–Trinajstić information content (AvgIpc) is 2.64. The molecule has 1 aliphatic rings. The Morgan fingerprint density at radius 2 is 2.05 bits per heavy atom. The number of rotatable bonds is 0. The average molecular weight is 270 g/mol. The molecular formula is C15H14N2OS. The third-order valence-corrected chi connectivity index (χ3v) is 4.99. The van der Waals surface area contributed by atoms with Crippen LogP contribution in [0, 0.1) is 0 Å². The van der Waals surface area contributed by atoms with E-state index in [9.17, 15) is 4.79 Å². The lowest BCUT2D eigenvalue weighted by Gasteiger charge is -2.07. The number of hydrogen-bond acceptors (Lipinski definition) is 3. The van der Waals surface area contributed by atoms with Gasteiger partial charge in [0.1, 0.15) is 10.5 Å². The summed E-state index contributed by atoms with van der Waals surface area (Å²) in [4.78, 5) is 17.4. The first-order chi connectivity index (χ1) is 9.34. The lowest BCUT2D eigenvalue weighted by molar-refractivity contribution is 0.615. The maximum absolute atomic E-state index is 12.6. The van der Waals surface area contributed by atoms with Crippen molar-refractivity contribution in [2.45, 2.75) is 32.2 Å². The van der Waals surface area contributed by atoms with Gasteiger partial charge in [-0.2, -0.15) is 0 Å². The van der Waals surface area contributed by atoms with E-state index in [0.29, 0.717) is 0 Å². The van der Waals surface area contributed by atoms with Gasteiger partial charge in [-0.3, -0.25) is 9.36 Å². The molecule has 3 aromatic rings. The summed E-state index contributed by atoms with van der Waals surface area (Å²) in [6, 6.07) is 8.16. The van der Waals surface area contributed by atoms with E-state index in [1.165, 1.54) is 6.42 Å². The molecule has 0 bridgehead atoms. The fraction of sp³-hybridized carbons (Fsp3) is 0.333. The highest BCUT2D eigenvalue weighted by molar-refractivity contribution is 7.25.